The van der Waals surface area contributed by atoms with Crippen LogP contribution in [0.4, 0.5) is 5.82 Å². The van der Waals surface area contributed by atoms with Crippen LogP contribution in [0.5, 0.6) is 11.5 Å². The number of hydrogen-bond donors (Lipinski definition) is 1. The molecule has 0 atom stereocenters. The number of likely N-dealkylation sites (tertiary alicyclic amines) is 1. The maximum absolute atomic E-state index is 13.3. The van der Waals surface area contributed by atoms with Gasteiger partial charge in [-0.3, -0.25) is 4.79 Å². The van der Waals surface area contributed by atoms with Crippen LogP contribution in [-0.2, 0) is 0 Å². The minimum Gasteiger partial charge on any atom is -0.457 e. The summed E-state index contributed by atoms with van der Waals surface area (Å²) in [7, 11) is 0. The lowest BCUT2D eigenvalue weighted by Crippen LogP contribution is -2.42. The van der Waals surface area contributed by atoms with Gasteiger partial charge in [-0.2, -0.15) is 9.61 Å². The number of carbonyl (C=O) groups excluding carboxylic acids is 1. The van der Waals surface area contributed by atoms with E-state index in [1.54, 1.807) is 6.20 Å². The van der Waals surface area contributed by atoms with E-state index in [1.807, 2.05) is 76.1 Å². The second kappa shape index (κ2) is 10.9. The molecule has 0 bridgehead atoms. The van der Waals surface area contributed by atoms with Gasteiger partial charge < -0.3 is 15.0 Å². The second-order valence-electron chi connectivity index (χ2n) is 9.72. The zero-order chi connectivity index (χ0) is 26.8. The summed E-state index contributed by atoms with van der Waals surface area (Å²) in [6.07, 6.45) is 3.43. The van der Waals surface area contributed by atoms with Crippen LogP contribution in [0.2, 0.25) is 0 Å². The fourth-order valence-corrected chi connectivity index (χ4v) is 5.32. The third-order valence-electron chi connectivity index (χ3n) is 7.04. The van der Waals surface area contributed by atoms with Crippen molar-refractivity contribution in [2.24, 2.45) is 0 Å². The molecular weight excluding hydrogens is 554 g/mol. The molecule has 0 aliphatic carbocycles. The zero-order valence-corrected chi connectivity index (χ0v) is 23.1. The quantitative estimate of drug-likeness (QED) is 0.234. The van der Waals surface area contributed by atoms with Crippen molar-refractivity contribution in [2.45, 2.75) is 25.8 Å². The van der Waals surface area contributed by atoms with Crippen molar-refractivity contribution < 1.29 is 9.53 Å². The number of carbonyl (C=O) groups is 1. The lowest BCUT2D eigenvalue weighted by Gasteiger charge is -2.33. The van der Waals surface area contributed by atoms with Crippen LogP contribution in [0.25, 0.3) is 16.9 Å². The number of ether oxygens (including phenoxy) is 1. The van der Waals surface area contributed by atoms with E-state index in [0.717, 1.165) is 45.8 Å². The van der Waals surface area contributed by atoms with E-state index < -0.39 is 0 Å². The Hall–Kier alpha value is -4.17. The summed E-state index contributed by atoms with van der Waals surface area (Å²) in [5, 5.41) is 8.21. The highest BCUT2D eigenvalue weighted by molar-refractivity contribution is 9.10. The number of para-hydroxylation sites is 1. The molecule has 6 rings (SSSR count). The number of hydrogen-bond acceptors (Lipinski definition) is 5. The lowest BCUT2D eigenvalue weighted by molar-refractivity contribution is 0.0718. The molecule has 39 heavy (non-hydrogen) atoms. The molecule has 8 heteroatoms. The molecule has 7 nitrogen and oxygen atoms in total. The minimum atomic E-state index is 0.0242. The van der Waals surface area contributed by atoms with Gasteiger partial charge in [0, 0.05) is 36.3 Å². The van der Waals surface area contributed by atoms with Crippen LogP contribution >= 0.6 is 15.9 Å². The molecule has 1 saturated heterocycles. The van der Waals surface area contributed by atoms with Gasteiger partial charge in [-0.25, -0.2) is 4.98 Å². The number of halogens is 1. The molecule has 0 spiro atoms. The van der Waals surface area contributed by atoms with Gasteiger partial charge in [0.05, 0.1) is 16.4 Å². The third kappa shape index (κ3) is 5.38. The predicted octanol–water partition coefficient (Wildman–Crippen LogP) is 6.98. The third-order valence-corrected chi connectivity index (χ3v) is 7.60. The molecular formula is C31H28BrN5O2. The molecule has 1 aliphatic heterocycles. The number of aromatic nitrogens is 3. The van der Waals surface area contributed by atoms with Crippen molar-refractivity contribution in [3.63, 3.8) is 0 Å². The van der Waals surface area contributed by atoms with Crippen molar-refractivity contribution in [3.8, 4) is 22.8 Å². The Morgan fingerprint density at radius 2 is 1.69 bits per heavy atom. The fraction of sp³-hybridized carbons (Fsp3) is 0.194. The molecule has 196 valence electrons. The Morgan fingerprint density at radius 1 is 0.949 bits per heavy atom. The van der Waals surface area contributed by atoms with Crippen LogP contribution < -0.4 is 10.1 Å². The summed E-state index contributed by atoms with van der Waals surface area (Å²) in [4.78, 5) is 20.1. The van der Waals surface area contributed by atoms with Gasteiger partial charge in [0.15, 0.2) is 5.65 Å². The molecule has 1 N–H and O–H groups in total. The van der Waals surface area contributed by atoms with Gasteiger partial charge in [-0.15, -0.1) is 0 Å². The average Bonchev–Trinajstić information content (AvgIpc) is 3.35. The Morgan fingerprint density at radius 3 is 2.49 bits per heavy atom. The van der Waals surface area contributed by atoms with Crippen molar-refractivity contribution in [1.29, 1.82) is 0 Å². The molecule has 1 aliphatic rings. The Kier molecular flexibility index (Phi) is 7.02. The van der Waals surface area contributed by atoms with Gasteiger partial charge in [-0.1, -0.05) is 48.5 Å². The first-order valence-electron chi connectivity index (χ1n) is 13.0. The molecule has 1 amide bonds. The Balaban J connectivity index is 1.15. The highest BCUT2D eigenvalue weighted by atomic mass is 79.9. The van der Waals surface area contributed by atoms with E-state index in [0.29, 0.717) is 24.4 Å². The van der Waals surface area contributed by atoms with Gasteiger partial charge >= 0.3 is 0 Å². The van der Waals surface area contributed by atoms with Crippen molar-refractivity contribution in [1.82, 2.24) is 19.5 Å². The number of benzene rings is 3. The monoisotopic (exact) mass is 581 g/mol. The van der Waals surface area contributed by atoms with E-state index >= 15 is 0 Å². The number of nitrogens with zero attached hydrogens (tertiary/aromatic N) is 4. The van der Waals surface area contributed by atoms with E-state index in [4.69, 9.17) is 9.72 Å². The highest BCUT2D eigenvalue weighted by Crippen LogP contribution is 2.29. The van der Waals surface area contributed by atoms with Crippen molar-refractivity contribution >= 4 is 33.3 Å². The summed E-state index contributed by atoms with van der Waals surface area (Å²) in [6.45, 7) is 3.43. The van der Waals surface area contributed by atoms with Gasteiger partial charge in [-0.05, 0) is 71.6 Å². The second-order valence-corrected chi connectivity index (χ2v) is 10.6. The number of aryl methyl sites for hydroxylation is 1. The number of piperidine rings is 1. The normalized spacial score (nSPS) is 13.9. The standard InChI is InChI=1S/C31H28BrN5O2/c1-21-8-5-6-13-26(21)28-19-29(37-30(35-28)27(32)20-33-37)34-23-14-16-36(17-15-23)31(38)22-9-7-12-25(18-22)39-24-10-3-2-4-11-24/h2-13,18-20,23,34H,14-17H2,1H3. The van der Waals surface area contributed by atoms with E-state index in [2.05, 4.69) is 51.5 Å². The summed E-state index contributed by atoms with van der Waals surface area (Å²) in [5.74, 6) is 2.31. The molecule has 2 aromatic heterocycles. The molecule has 0 unspecified atom stereocenters. The molecule has 5 aromatic rings. The van der Waals surface area contributed by atoms with Crippen LogP contribution in [0.3, 0.4) is 0 Å². The lowest BCUT2D eigenvalue weighted by atomic mass is 10.0. The first-order chi connectivity index (χ1) is 19.0. The van der Waals surface area contributed by atoms with Crippen molar-refractivity contribution in [3.05, 3.63) is 107 Å². The number of nitrogens with one attached hydrogen (secondary N) is 1. The first-order valence-corrected chi connectivity index (χ1v) is 13.8. The number of fused-ring (bicyclic) bond motifs is 1. The van der Waals surface area contributed by atoms with E-state index in [1.165, 1.54) is 5.56 Å². The van der Waals surface area contributed by atoms with Gasteiger partial charge in [0.2, 0.25) is 0 Å². The summed E-state index contributed by atoms with van der Waals surface area (Å²) in [5.41, 5.74) is 4.56. The molecule has 3 aromatic carbocycles. The van der Waals surface area contributed by atoms with Crippen molar-refractivity contribution in [2.75, 3.05) is 18.4 Å². The summed E-state index contributed by atoms with van der Waals surface area (Å²) in [6, 6.07) is 27.5. The minimum absolute atomic E-state index is 0.0242. The number of amides is 1. The summed E-state index contributed by atoms with van der Waals surface area (Å²) >= 11 is 3.59. The fourth-order valence-electron chi connectivity index (χ4n) is 4.97. The van der Waals surface area contributed by atoms with E-state index in [9.17, 15) is 4.79 Å². The first kappa shape index (κ1) is 25.1. The number of anilines is 1. The maximum atomic E-state index is 13.3. The van der Waals surface area contributed by atoms with Crippen LogP contribution in [0.1, 0.15) is 28.8 Å². The highest BCUT2D eigenvalue weighted by Gasteiger charge is 2.25. The smallest absolute Gasteiger partial charge is 0.253 e. The van der Waals surface area contributed by atoms with E-state index in [-0.39, 0.29) is 11.9 Å². The van der Waals surface area contributed by atoms with Crippen LogP contribution in [0, 0.1) is 6.92 Å². The maximum Gasteiger partial charge on any atom is 0.253 e. The molecule has 3 heterocycles. The average molecular weight is 583 g/mol. The molecule has 0 saturated carbocycles. The molecule has 0 radical (unpaired) electrons. The molecule has 1 fully saturated rings. The SMILES string of the molecule is Cc1ccccc1-c1cc(NC2CCN(C(=O)c3cccc(Oc4ccccc4)c3)CC2)n2ncc(Br)c2n1. The van der Waals surface area contributed by atoms with Crippen LogP contribution in [0.15, 0.2) is 95.6 Å². The Bertz CT molecular complexity index is 1630. The van der Waals surface area contributed by atoms with Crippen LogP contribution in [-0.4, -0.2) is 44.5 Å². The zero-order valence-electron chi connectivity index (χ0n) is 21.5. The largest absolute Gasteiger partial charge is 0.457 e. The summed E-state index contributed by atoms with van der Waals surface area (Å²) < 4.78 is 8.61. The Labute approximate surface area is 235 Å². The van der Waals surface area contributed by atoms with Gasteiger partial charge in [0.25, 0.3) is 5.91 Å². The van der Waals surface area contributed by atoms with Gasteiger partial charge in [0.1, 0.15) is 17.3 Å². The number of rotatable bonds is 6. The topological polar surface area (TPSA) is 71.8 Å². The predicted molar refractivity (Wildman–Crippen MR) is 156 cm³/mol.